The molecule has 0 unspecified atom stereocenters. The molecule has 6 rings (SSSR count). The number of benzene rings is 2. The second kappa shape index (κ2) is 8.36. The molecule has 0 radical (unpaired) electrons. The molecule has 1 atom stereocenters. The molecule has 6 aromatic rings. The van der Waals surface area contributed by atoms with Crippen LogP contribution in [0.15, 0.2) is 84.3 Å². The van der Waals surface area contributed by atoms with Gasteiger partial charge in [0, 0.05) is 65.8 Å². The van der Waals surface area contributed by atoms with Crippen molar-refractivity contribution in [1.29, 1.82) is 0 Å². The van der Waals surface area contributed by atoms with Crippen molar-refractivity contribution in [3.63, 3.8) is 0 Å². The third kappa shape index (κ3) is 3.91. The standard InChI is InChI=1S/C28H24N6O/c1-17-16-35-27-5-4-19(9-24(17)27)25-10-23(11-26-28(25)31-7-6-30-26)33-18(2)20-8-21(13-29-12-20)22-14-32-34(3)15-22/h4-16,18,33H,1-3H3/t18-/m0/s1. The number of anilines is 1. The Hall–Kier alpha value is -4.52. The van der Waals surface area contributed by atoms with Crippen LogP contribution in [0.5, 0.6) is 0 Å². The van der Waals surface area contributed by atoms with Crippen molar-refractivity contribution in [2.24, 2.45) is 7.05 Å². The lowest BCUT2D eigenvalue weighted by atomic mass is 10.00. The monoisotopic (exact) mass is 460 g/mol. The summed E-state index contributed by atoms with van der Waals surface area (Å²) in [6, 6.07) is 12.6. The molecule has 0 saturated carbocycles. The summed E-state index contributed by atoms with van der Waals surface area (Å²) < 4.78 is 7.44. The van der Waals surface area contributed by atoms with Gasteiger partial charge >= 0.3 is 0 Å². The molecule has 1 N–H and O–H groups in total. The van der Waals surface area contributed by atoms with E-state index in [1.807, 2.05) is 44.0 Å². The fourth-order valence-electron chi connectivity index (χ4n) is 4.46. The van der Waals surface area contributed by atoms with Crippen molar-refractivity contribution >= 4 is 27.7 Å². The number of pyridine rings is 1. The summed E-state index contributed by atoms with van der Waals surface area (Å²) in [5.74, 6) is 0. The minimum absolute atomic E-state index is 0.0275. The van der Waals surface area contributed by atoms with Gasteiger partial charge in [0.2, 0.25) is 0 Å². The van der Waals surface area contributed by atoms with Gasteiger partial charge in [-0.15, -0.1) is 0 Å². The Bertz CT molecular complexity index is 1680. The molecule has 0 aliphatic carbocycles. The van der Waals surface area contributed by atoms with E-state index in [2.05, 4.69) is 63.5 Å². The van der Waals surface area contributed by atoms with Crippen LogP contribution < -0.4 is 5.32 Å². The SMILES string of the molecule is Cc1coc2ccc(-c3cc(N[C@@H](C)c4cncc(-c5cnn(C)c5)c4)cc4nccnc34)cc12. The minimum Gasteiger partial charge on any atom is -0.464 e. The predicted octanol–water partition coefficient (Wildman–Crippen LogP) is 6.32. The molecule has 0 amide bonds. The number of nitrogens with zero attached hydrogens (tertiary/aromatic N) is 5. The number of nitrogens with one attached hydrogen (secondary N) is 1. The average molecular weight is 461 g/mol. The van der Waals surface area contributed by atoms with Gasteiger partial charge in [-0.2, -0.15) is 5.10 Å². The number of hydrogen-bond acceptors (Lipinski definition) is 6. The van der Waals surface area contributed by atoms with Gasteiger partial charge in [-0.3, -0.25) is 19.6 Å². The molecule has 0 spiro atoms. The molecule has 7 nitrogen and oxygen atoms in total. The Kier molecular flexibility index (Phi) is 5.03. The first-order valence-corrected chi connectivity index (χ1v) is 11.5. The van der Waals surface area contributed by atoms with Crippen LogP contribution in [0, 0.1) is 6.92 Å². The van der Waals surface area contributed by atoms with Gasteiger partial charge in [0.15, 0.2) is 0 Å². The zero-order valence-electron chi connectivity index (χ0n) is 19.7. The second-order valence-corrected chi connectivity index (χ2v) is 8.85. The quantitative estimate of drug-likeness (QED) is 0.324. The highest BCUT2D eigenvalue weighted by Gasteiger charge is 2.14. The molecule has 7 heteroatoms. The summed E-state index contributed by atoms with van der Waals surface area (Å²) in [5.41, 5.74) is 9.93. The molecule has 0 aliphatic heterocycles. The number of rotatable bonds is 5. The molecular formula is C28H24N6O. The van der Waals surface area contributed by atoms with Crippen LogP contribution in [-0.2, 0) is 7.05 Å². The van der Waals surface area contributed by atoms with Crippen molar-refractivity contribution in [2.75, 3.05) is 5.32 Å². The van der Waals surface area contributed by atoms with Crippen LogP contribution in [-0.4, -0.2) is 24.7 Å². The van der Waals surface area contributed by atoms with E-state index in [4.69, 9.17) is 4.42 Å². The van der Waals surface area contributed by atoms with Gasteiger partial charge in [0.1, 0.15) is 5.58 Å². The normalized spacial score (nSPS) is 12.3. The van der Waals surface area contributed by atoms with E-state index >= 15 is 0 Å². The largest absolute Gasteiger partial charge is 0.464 e. The number of fused-ring (bicyclic) bond motifs is 2. The maximum Gasteiger partial charge on any atom is 0.134 e. The minimum atomic E-state index is 0.0275. The fraction of sp³-hybridized carbons (Fsp3) is 0.143. The number of furan rings is 1. The van der Waals surface area contributed by atoms with Crippen molar-refractivity contribution in [3.05, 3.63) is 91.0 Å². The smallest absolute Gasteiger partial charge is 0.134 e. The predicted molar refractivity (Wildman–Crippen MR) is 138 cm³/mol. The van der Waals surface area contributed by atoms with Crippen molar-refractivity contribution < 1.29 is 4.42 Å². The molecule has 35 heavy (non-hydrogen) atoms. The van der Waals surface area contributed by atoms with Crippen LogP contribution in [0.1, 0.15) is 24.1 Å². The van der Waals surface area contributed by atoms with Crippen LogP contribution in [0.2, 0.25) is 0 Å². The molecule has 4 heterocycles. The van der Waals surface area contributed by atoms with E-state index in [0.29, 0.717) is 0 Å². The highest BCUT2D eigenvalue weighted by atomic mass is 16.3. The summed E-state index contributed by atoms with van der Waals surface area (Å²) >= 11 is 0. The lowest BCUT2D eigenvalue weighted by Crippen LogP contribution is -2.07. The van der Waals surface area contributed by atoms with Crippen molar-refractivity contribution in [1.82, 2.24) is 24.7 Å². The van der Waals surface area contributed by atoms with Crippen LogP contribution in [0.4, 0.5) is 5.69 Å². The Morgan fingerprint density at radius 3 is 2.69 bits per heavy atom. The summed E-state index contributed by atoms with van der Waals surface area (Å²) in [6.45, 7) is 4.19. The topological polar surface area (TPSA) is 81.7 Å². The zero-order chi connectivity index (χ0) is 23.9. The third-order valence-corrected chi connectivity index (χ3v) is 6.33. The second-order valence-electron chi connectivity index (χ2n) is 8.85. The van der Waals surface area contributed by atoms with E-state index < -0.39 is 0 Å². The number of aryl methyl sites for hydroxylation is 2. The maximum absolute atomic E-state index is 5.64. The Morgan fingerprint density at radius 2 is 1.83 bits per heavy atom. The molecule has 0 aliphatic rings. The van der Waals surface area contributed by atoms with Gasteiger partial charge in [-0.1, -0.05) is 6.07 Å². The maximum atomic E-state index is 5.64. The number of hydrogen-bond donors (Lipinski definition) is 1. The summed E-state index contributed by atoms with van der Waals surface area (Å²) in [7, 11) is 1.91. The lowest BCUT2D eigenvalue weighted by Gasteiger charge is -2.18. The first-order chi connectivity index (χ1) is 17.0. The molecule has 4 aromatic heterocycles. The first-order valence-electron chi connectivity index (χ1n) is 11.5. The van der Waals surface area contributed by atoms with E-state index in [-0.39, 0.29) is 6.04 Å². The van der Waals surface area contributed by atoms with Gasteiger partial charge in [0.25, 0.3) is 0 Å². The Morgan fingerprint density at radius 1 is 0.943 bits per heavy atom. The highest BCUT2D eigenvalue weighted by Crippen LogP contribution is 2.34. The van der Waals surface area contributed by atoms with E-state index in [1.165, 1.54) is 0 Å². The molecule has 172 valence electrons. The summed E-state index contributed by atoms with van der Waals surface area (Å²) in [5, 5.41) is 9.02. The fourth-order valence-corrected chi connectivity index (χ4v) is 4.46. The van der Waals surface area contributed by atoms with Gasteiger partial charge in [-0.05, 0) is 60.9 Å². The summed E-state index contributed by atoms with van der Waals surface area (Å²) in [6.07, 6.45) is 12.9. The summed E-state index contributed by atoms with van der Waals surface area (Å²) in [4.78, 5) is 13.7. The third-order valence-electron chi connectivity index (χ3n) is 6.33. The van der Waals surface area contributed by atoms with Gasteiger partial charge in [0.05, 0.1) is 29.5 Å². The Balaban J connectivity index is 1.38. The molecular weight excluding hydrogens is 436 g/mol. The van der Waals surface area contributed by atoms with Gasteiger partial charge in [-0.25, -0.2) is 0 Å². The molecule has 0 fully saturated rings. The van der Waals surface area contributed by atoms with E-state index in [0.717, 1.165) is 61.1 Å². The van der Waals surface area contributed by atoms with E-state index in [9.17, 15) is 0 Å². The van der Waals surface area contributed by atoms with Crippen molar-refractivity contribution in [2.45, 2.75) is 19.9 Å². The van der Waals surface area contributed by atoms with Crippen LogP contribution in [0.3, 0.4) is 0 Å². The van der Waals surface area contributed by atoms with E-state index in [1.54, 1.807) is 23.3 Å². The number of aromatic nitrogens is 5. The molecule has 0 bridgehead atoms. The average Bonchev–Trinajstić information content (AvgIpc) is 3.49. The Labute approximate surface area is 202 Å². The lowest BCUT2D eigenvalue weighted by molar-refractivity contribution is 0.613. The first kappa shape index (κ1) is 21.0. The van der Waals surface area contributed by atoms with Gasteiger partial charge < -0.3 is 9.73 Å². The zero-order valence-corrected chi connectivity index (χ0v) is 19.7. The van der Waals surface area contributed by atoms with Crippen LogP contribution in [0.25, 0.3) is 44.3 Å². The molecule has 2 aromatic carbocycles. The molecule has 0 saturated heterocycles. The van der Waals surface area contributed by atoms with Crippen LogP contribution >= 0.6 is 0 Å². The van der Waals surface area contributed by atoms with Crippen molar-refractivity contribution in [3.8, 4) is 22.3 Å². The highest BCUT2D eigenvalue weighted by molar-refractivity contribution is 5.97.